The predicted octanol–water partition coefficient (Wildman–Crippen LogP) is 8.31. The summed E-state index contributed by atoms with van der Waals surface area (Å²) in [7, 11) is -2.27. The molecule has 0 unspecified atom stereocenters. The second-order valence-electron chi connectivity index (χ2n) is 17.2. The van der Waals surface area contributed by atoms with Crippen molar-refractivity contribution >= 4 is 36.4 Å². The summed E-state index contributed by atoms with van der Waals surface area (Å²) in [6, 6.07) is 0. The van der Waals surface area contributed by atoms with E-state index >= 15 is 0 Å². The smallest absolute Gasteiger partial charge is 0.185 e. The monoisotopic (exact) mass is 638 g/mol. The lowest BCUT2D eigenvalue weighted by molar-refractivity contribution is -0.171. The van der Waals surface area contributed by atoms with Gasteiger partial charge in [-0.15, -0.1) is 0 Å². The van der Waals surface area contributed by atoms with Gasteiger partial charge in [0.2, 0.25) is 0 Å². The van der Waals surface area contributed by atoms with E-state index in [4.69, 9.17) is 28.1 Å². The van der Waals surface area contributed by atoms with E-state index in [2.05, 4.69) is 77.9 Å². The molecule has 0 amide bonds. The van der Waals surface area contributed by atoms with Crippen molar-refractivity contribution in [2.75, 3.05) is 20.8 Å². The van der Waals surface area contributed by atoms with Crippen LogP contribution in [0, 0.1) is 34.5 Å². The summed E-state index contributed by atoms with van der Waals surface area (Å²) in [6.45, 7) is 26.4. The molecule has 4 aliphatic rings. The van der Waals surface area contributed by atoms with Gasteiger partial charge in [0.25, 0.3) is 0 Å². The van der Waals surface area contributed by atoms with Crippen molar-refractivity contribution in [2.24, 2.45) is 44.8 Å². The minimum absolute atomic E-state index is 0.112. The maximum atomic E-state index is 7.46. The third-order valence-electron chi connectivity index (χ3n) is 11.0. The first-order valence-electron chi connectivity index (χ1n) is 16.5. The lowest BCUT2D eigenvalue weighted by Gasteiger charge is -2.64. The lowest BCUT2D eigenvalue weighted by atomic mass is 9.43. The largest absolute Gasteiger partial charge is 0.414 e. The Labute approximate surface area is 260 Å². The summed E-state index contributed by atoms with van der Waals surface area (Å²) in [5.41, 5.74) is 1.83. The van der Waals surface area contributed by atoms with Crippen LogP contribution in [0.5, 0.6) is 0 Å². The Balaban J connectivity index is 1.82. The van der Waals surface area contributed by atoms with Gasteiger partial charge in [-0.2, -0.15) is 0 Å². The van der Waals surface area contributed by atoms with Crippen molar-refractivity contribution in [1.82, 2.24) is 0 Å². The maximum Gasteiger partial charge on any atom is 0.185 e. The normalized spacial score (nSPS) is 40.4. The third kappa shape index (κ3) is 6.69. The van der Waals surface area contributed by atoms with Crippen LogP contribution in [0.15, 0.2) is 10.3 Å². The third-order valence-corrected chi connectivity index (χ3v) is 14.0. The van der Waals surface area contributed by atoms with Gasteiger partial charge in [-0.3, -0.25) is 0 Å². The minimum Gasteiger partial charge on any atom is -0.414 e. The highest BCUT2D eigenvalue weighted by Crippen LogP contribution is 2.70. The molecule has 42 heavy (non-hydrogen) atoms. The molecule has 4 rings (SSSR count). The molecule has 7 nitrogen and oxygen atoms in total. The van der Waals surface area contributed by atoms with Crippen LogP contribution in [-0.2, 0) is 23.0 Å². The van der Waals surface area contributed by atoms with Crippen LogP contribution < -0.4 is 0 Å². The van der Waals surface area contributed by atoms with E-state index in [1.807, 2.05) is 0 Å². The molecule has 10 heteroatoms. The number of rotatable bonds is 10. The summed E-state index contributed by atoms with van der Waals surface area (Å²) < 4.78 is 21.4. The molecule has 4 fully saturated rings. The van der Waals surface area contributed by atoms with Crippen molar-refractivity contribution in [2.45, 2.75) is 136 Å². The summed E-state index contributed by atoms with van der Waals surface area (Å²) in [5.74, 6) is 2.36. The molecular weight excluding hydrogens is 577 g/mol. The molecule has 0 aromatic rings. The van der Waals surface area contributed by atoms with E-state index in [0.29, 0.717) is 30.3 Å². The SMILES string of the molecule is CO/N=C1/CC[C@@]2(C)[C@H](CC[C@@H]3[C@@H]2[C@@H](O[Si](C)(C)C)C[C@@]2(C)[C@H]3CC[C@]2(O[Si](C)(C)C)/C(CO[Si](C)(C)C)=N/OC)C1. The van der Waals surface area contributed by atoms with Crippen LogP contribution in [0.1, 0.15) is 65.2 Å². The van der Waals surface area contributed by atoms with Crippen molar-refractivity contribution in [1.29, 1.82) is 0 Å². The van der Waals surface area contributed by atoms with E-state index < -0.39 is 30.6 Å². The molecule has 0 aliphatic heterocycles. The highest BCUT2D eigenvalue weighted by molar-refractivity contribution is 6.70. The average molecular weight is 639 g/mol. The van der Waals surface area contributed by atoms with Crippen LogP contribution >= 0.6 is 0 Å². The van der Waals surface area contributed by atoms with Gasteiger partial charge < -0.3 is 23.0 Å². The Morgan fingerprint density at radius 3 is 2.12 bits per heavy atom. The summed E-state index contributed by atoms with van der Waals surface area (Å²) in [5, 5.41) is 9.19. The van der Waals surface area contributed by atoms with Crippen LogP contribution in [0.2, 0.25) is 58.9 Å². The van der Waals surface area contributed by atoms with E-state index in [9.17, 15) is 0 Å². The van der Waals surface area contributed by atoms with Gasteiger partial charge in [0.15, 0.2) is 25.0 Å². The van der Waals surface area contributed by atoms with Crippen LogP contribution in [0.3, 0.4) is 0 Å². The molecule has 0 radical (unpaired) electrons. The van der Waals surface area contributed by atoms with Crippen molar-refractivity contribution in [3.05, 3.63) is 0 Å². The second kappa shape index (κ2) is 12.0. The molecule has 0 heterocycles. The Morgan fingerprint density at radius 1 is 0.857 bits per heavy atom. The Hall–Kier alpha value is -0.529. The van der Waals surface area contributed by atoms with Crippen molar-refractivity contribution in [3.8, 4) is 0 Å². The highest BCUT2D eigenvalue weighted by atomic mass is 28.4. The van der Waals surface area contributed by atoms with Crippen LogP contribution in [0.4, 0.5) is 0 Å². The van der Waals surface area contributed by atoms with Gasteiger partial charge in [-0.25, -0.2) is 0 Å². The average Bonchev–Trinajstić information content (AvgIpc) is 3.11. The number of nitrogens with zero attached hydrogens (tertiary/aromatic N) is 2. The van der Waals surface area contributed by atoms with Gasteiger partial charge in [0.1, 0.15) is 25.5 Å². The fourth-order valence-electron chi connectivity index (χ4n) is 9.75. The highest BCUT2D eigenvalue weighted by Gasteiger charge is 2.70. The molecule has 8 atom stereocenters. The van der Waals surface area contributed by atoms with Gasteiger partial charge >= 0.3 is 0 Å². The summed E-state index contributed by atoms with van der Waals surface area (Å²) >= 11 is 0. The zero-order chi connectivity index (χ0) is 31.4. The number of oxime groups is 2. The Morgan fingerprint density at radius 2 is 1.55 bits per heavy atom. The number of hydrogen-bond acceptors (Lipinski definition) is 7. The molecule has 4 saturated carbocycles. The van der Waals surface area contributed by atoms with Gasteiger partial charge in [0.05, 0.1) is 12.3 Å². The molecule has 0 bridgehead atoms. The Kier molecular flexibility index (Phi) is 9.82. The van der Waals surface area contributed by atoms with Gasteiger partial charge in [-0.1, -0.05) is 24.2 Å². The predicted molar refractivity (Wildman–Crippen MR) is 181 cm³/mol. The quantitative estimate of drug-likeness (QED) is 0.137. The molecule has 0 aromatic carbocycles. The zero-order valence-electron chi connectivity index (χ0n) is 29.2. The zero-order valence-corrected chi connectivity index (χ0v) is 32.2. The first-order valence-corrected chi connectivity index (χ1v) is 26.7. The number of hydrogen-bond donors (Lipinski definition) is 0. The maximum absolute atomic E-state index is 7.46. The first kappa shape index (κ1) is 34.3. The van der Waals surface area contributed by atoms with Crippen LogP contribution in [-0.4, -0.2) is 68.9 Å². The van der Waals surface area contributed by atoms with Crippen molar-refractivity contribution < 1.29 is 23.0 Å². The fraction of sp³-hybridized carbons (Fsp3) is 0.938. The van der Waals surface area contributed by atoms with E-state index in [-0.39, 0.29) is 16.9 Å². The van der Waals surface area contributed by atoms with E-state index in [1.165, 1.54) is 25.0 Å². The molecular formula is C32H62N2O5Si3. The van der Waals surface area contributed by atoms with Crippen molar-refractivity contribution in [3.63, 3.8) is 0 Å². The standard InChI is InChI=1S/C32H62N2O5Si3/c1-30-18-16-24(33-35-3)20-23(30)14-15-25-26-17-19-32(39-42(11,12)13,28(34-36-4)22-37-40(5,6)7)31(26,2)21-27(29(25)30)38-41(8,9)10/h23,25-27,29H,14-22H2,1-13H3/b33-24-,34-28+/t23-,25+,26+,27+,29-,30+,31+,32+/m1/s1. The van der Waals surface area contributed by atoms with Crippen LogP contribution in [0.25, 0.3) is 0 Å². The molecule has 242 valence electrons. The fourth-order valence-corrected chi connectivity index (χ4v) is 13.0. The second-order valence-corrected chi connectivity index (χ2v) is 30.6. The topological polar surface area (TPSA) is 70.9 Å². The molecule has 0 aromatic heterocycles. The minimum atomic E-state index is -1.99. The molecule has 0 spiro atoms. The van der Waals surface area contributed by atoms with E-state index in [1.54, 1.807) is 14.2 Å². The first-order chi connectivity index (χ1) is 19.3. The van der Waals surface area contributed by atoms with Gasteiger partial charge in [0, 0.05) is 11.5 Å². The molecule has 4 aliphatic carbocycles. The van der Waals surface area contributed by atoms with E-state index in [0.717, 1.165) is 37.8 Å². The molecule has 0 N–H and O–H groups in total. The van der Waals surface area contributed by atoms with Gasteiger partial charge in [-0.05, 0) is 139 Å². The number of fused-ring (bicyclic) bond motifs is 5. The summed E-state index contributed by atoms with van der Waals surface area (Å²) in [4.78, 5) is 10.8. The lowest BCUT2D eigenvalue weighted by Crippen LogP contribution is -2.66. The Bertz CT molecular complexity index is 1030. The summed E-state index contributed by atoms with van der Waals surface area (Å²) in [6.07, 6.45) is 9.13. The molecule has 0 saturated heterocycles.